The number of aromatic nitrogens is 2. The van der Waals surface area contributed by atoms with E-state index in [2.05, 4.69) is 23.9 Å². The fraction of sp³-hybridized carbons (Fsp3) is 0.385. The lowest BCUT2D eigenvalue weighted by atomic mass is 10.2. The van der Waals surface area contributed by atoms with Crippen LogP contribution in [-0.4, -0.2) is 45.7 Å². The molecular formula is C13H17N3O2. The van der Waals surface area contributed by atoms with E-state index in [1.165, 1.54) is 0 Å². The molecule has 1 heterocycles. The van der Waals surface area contributed by atoms with Gasteiger partial charge in [-0.25, -0.2) is 9.78 Å². The number of likely N-dealkylation sites (N-methyl/N-ethyl adjacent to an activating group) is 1. The zero-order chi connectivity index (χ0) is 13.1. The molecule has 0 unspecified atom stereocenters. The van der Waals surface area contributed by atoms with Gasteiger partial charge in [0.2, 0.25) is 0 Å². The number of imidazole rings is 1. The molecule has 1 aromatic carbocycles. The van der Waals surface area contributed by atoms with Gasteiger partial charge in [0.05, 0.1) is 22.9 Å². The minimum absolute atomic E-state index is 0.276. The van der Waals surface area contributed by atoms with E-state index in [1.807, 2.05) is 10.6 Å². The van der Waals surface area contributed by atoms with Crippen LogP contribution in [0.25, 0.3) is 11.0 Å². The van der Waals surface area contributed by atoms with Crippen LogP contribution in [0.4, 0.5) is 0 Å². The summed E-state index contributed by atoms with van der Waals surface area (Å²) in [5, 5.41) is 8.92. The van der Waals surface area contributed by atoms with Crippen molar-refractivity contribution in [1.29, 1.82) is 0 Å². The summed E-state index contributed by atoms with van der Waals surface area (Å²) in [6, 6.07) is 5.04. The van der Waals surface area contributed by atoms with Gasteiger partial charge in [-0.05, 0) is 31.8 Å². The molecule has 0 fully saturated rings. The van der Waals surface area contributed by atoms with Crippen LogP contribution in [0.3, 0.4) is 0 Å². The second-order valence-electron chi connectivity index (χ2n) is 4.34. The monoisotopic (exact) mass is 247 g/mol. The lowest BCUT2D eigenvalue weighted by Gasteiger charge is -2.14. The van der Waals surface area contributed by atoms with Crippen molar-refractivity contribution in [3.63, 3.8) is 0 Å². The van der Waals surface area contributed by atoms with Crippen LogP contribution in [0.2, 0.25) is 0 Å². The van der Waals surface area contributed by atoms with Crippen molar-refractivity contribution in [1.82, 2.24) is 14.5 Å². The Bertz CT molecular complexity index is 562. The highest BCUT2D eigenvalue weighted by Gasteiger charge is 2.07. The SMILES string of the molecule is CCN(C)CCn1cnc2cc(C(=O)O)ccc21. The summed E-state index contributed by atoms with van der Waals surface area (Å²) in [6.45, 7) is 4.93. The van der Waals surface area contributed by atoms with Crippen molar-refractivity contribution in [2.24, 2.45) is 0 Å². The number of carboxylic acid groups (broad SMARTS) is 1. The molecule has 0 spiro atoms. The second-order valence-corrected chi connectivity index (χ2v) is 4.34. The molecule has 5 nitrogen and oxygen atoms in total. The molecule has 0 radical (unpaired) electrons. The van der Waals surface area contributed by atoms with Gasteiger partial charge < -0.3 is 14.6 Å². The number of fused-ring (bicyclic) bond motifs is 1. The average molecular weight is 247 g/mol. The van der Waals surface area contributed by atoms with Crippen LogP contribution in [0.1, 0.15) is 17.3 Å². The Hall–Kier alpha value is -1.88. The fourth-order valence-corrected chi connectivity index (χ4v) is 1.81. The fourth-order valence-electron chi connectivity index (χ4n) is 1.81. The van der Waals surface area contributed by atoms with E-state index in [4.69, 9.17) is 5.11 Å². The number of rotatable bonds is 5. The number of carboxylic acids is 1. The van der Waals surface area contributed by atoms with E-state index in [-0.39, 0.29) is 5.56 Å². The quantitative estimate of drug-likeness (QED) is 0.873. The molecule has 0 saturated carbocycles. The first kappa shape index (κ1) is 12.6. The van der Waals surface area contributed by atoms with Crippen molar-refractivity contribution in [2.45, 2.75) is 13.5 Å². The van der Waals surface area contributed by atoms with E-state index in [0.717, 1.165) is 30.7 Å². The molecule has 0 aliphatic carbocycles. The van der Waals surface area contributed by atoms with E-state index in [0.29, 0.717) is 0 Å². The maximum Gasteiger partial charge on any atom is 0.335 e. The molecule has 5 heteroatoms. The molecule has 0 saturated heterocycles. The van der Waals surface area contributed by atoms with Crippen molar-refractivity contribution in [2.75, 3.05) is 20.1 Å². The molecule has 0 aliphatic heterocycles. The lowest BCUT2D eigenvalue weighted by Crippen LogP contribution is -2.22. The third-order valence-corrected chi connectivity index (χ3v) is 3.13. The third kappa shape index (κ3) is 2.51. The Labute approximate surface area is 106 Å². The summed E-state index contributed by atoms with van der Waals surface area (Å²) in [4.78, 5) is 17.3. The minimum Gasteiger partial charge on any atom is -0.478 e. The molecule has 0 amide bonds. The van der Waals surface area contributed by atoms with Crippen LogP contribution in [0.5, 0.6) is 0 Å². The lowest BCUT2D eigenvalue weighted by molar-refractivity contribution is 0.0697. The first-order chi connectivity index (χ1) is 8.61. The van der Waals surface area contributed by atoms with Gasteiger partial charge in [0.1, 0.15) is 0 Å². The predicted octanol–water partition coefficient (Wildman–Crippen LogP) is 1.69. The maximum atomic E-state index is 10.9. The zero-order valence-corrected chi connectivity index (χ0v) is 10.6. The van der Waals surface area contributed by atoms with E-state index >= 15 is 0 Å². The molecule has 2 aromatic rings. The first-order valence-electron chi connectivity index (χ1n) is 5.98. The zero-order valence-electron chi connectivity index (χ0n) is 10.6. The molecule has 1 N–H and O–H groups in total. The number of hydrogen-bond donors (Lipinski definition) is 1. The van der Waals surface area contributed by atoms with E-state index in [9.17, 15) is 4.79 Å². The topological polar surface area (TPSA) is 58.4 Å². The number of hydrogen-bond acceptors (Lipinski definition) is 3. The Kier molecular flexibility index (Phi) is 3.62. The van der Waals surface area contributed by atoms with Crippen molar-refractivity contribution < 1.29 is 9.90 Å². The summed E-state index contributed by atoms with van der Waals surface area (Å²) >= 11 is 0. The molecule has 0 atom stereocenters. The minimum atomic E-state index is -0.919. The van der Waals surface area contributed by atoms with Crippen LogP contribution >= 0.6 is 0 Å². The Morgan fingerprint density at radius 1 is 1.50 bits per heavy atom. The normalized spacial score (nSPS) is 11.3. The largest absolute Gasteiger partial charge is 0.478 e. The summed E-state index contributed by atoms with van der Waals surface area (Å²) in [5.41, 5.74) is 1.98. The maximum absolute atomic E-state index is 10.9. The Morgan fingerprint density at radius 2 is 2.28 bits per heavy atom. The summed E-state index contributed by atoms with van der Waals surface area (Å²) in [6.07, 6.45) is 1.76. The number of aromatic carboxylic acids is 1. The van der Waals surface area contributed by atoms with Gasteiger partial charge in [0.15, 0.2) is 0 Å². The van der Waals surface area contributed by atoms with Crippen LogP contribution in [-0.2, 0) is 6.54 Å². The number of nitrogens with zero attached hydrogens (tertiary/aromatic N) is 3. The summed E-state index contributed by atoms with van der Waals surface area (Å²) < 4.78 is 2.05. The van der Waals surface area contributed by atoms with E-state index in [1.54, 1.807) is 18.5 Å². The van der Waals surface area contributed by atoms with Crippen LogP contribution in [0, 0.1) is 0 Å². The molecule has 18 heavy (non-hydrogen) atoms. The van der Waals surface area contributed by atoms with Gasteiger partial charge in [-0.3, -0.25) is 0 Å². The van der Waals surface area contributed by atoms with Gasteiger partial charge in [0.25, 0.3) is 0 Å². The van der Waals surface area contributed by atoms with Crippen molar-refractivity contribution in [3.8, 4) is 0 Å². The highest BCUT2D eigenvalue weighted by atomic mass is 16.4. The highest BCUT2D eigenvalue weighted by Crippen LogP contribution is 2.15. The Morgan fingerprint density at radius 3 is 2.94 bits per heavy atom. The van der Waals surface area contributed by atoms with Gasteiger partial charge in [-0.1, -0.05) is 6.92 Å². The van der Waals surface area contributed by atoms with Crippen molar-refractivity contribution in [3.05, 3.63) is 30.1 Å². The first-order valence-corrected chi connectivity index (χ1v) is 5.98. The van der Waals surface area contributed by atoms with Crippen LogP contribution < -0.4 is 0 Å². The van der Waals surface area contributed by atoms with E-state index < -0.39 is 5.97 Å². The Balaban J connectivity index is 2.23. The van der Waals surface area contributed by atoms with Crippen LogP contribution in [0.15, 0.2) is 24.5 Å². The second kappa shape index (κ2) is 5.18. The molecule has 0 aliphatic rings. The predicted molar refractivity (Wildman–Crippen MR) is 69.9 cm³/mol. The van der Waals surface area contributed by atoms with Gasteiger partial charge >= 0.3 is 5.97 Å². The number of carbonyl (C=O) groups is 1. The molecule has 2 rings (SSSR count). The summed E-state index contributed by atoms with van der Waals surface area (Å²) in [5.74, 6) is -0.919. The molecule has 0 bridgehead atoms. The van der Waals surface area contributed by atoms with Gasteiger partial charge in [0, 0.05) is 13.1 Å². The third-order valence-electron chi connectivity index (χ3n) is 3.13. The highest BCUT2D eigenvalue weighted by molar-refractivity contribution is 5.92. The average Bonchev–Trinajstić information content (AvgIpc) is 2.78. The van der Waals surface area contributed by atoms with Crippen molar-refractivity contribution >= 4 is 17.0 Å². The number of benzene rings is 1. The molecular weight excluding hydrogens is 230 g/mol. The molecule has 96 valence electrons. The van der Waals surface area contributed by atoms with Gasteiger partial charge in [-0.15, -0.1) is 0 Å². The smallest absolute Gasteiger partial charge is 0.335 e. The summed E-state index contributed by atoms with van der Waals surface area (Å²) in [7, 11) is 2.07. The van der Waals surface area contributed by atoms with Gasteiger partial charge in [-0.2, -0.15) is 0 Å². The molecule has 1 aromatic heterocycles. The standard InChI is InChI=1S/C13H17N3O2/c1-3-15(2)6-7-16-9-14-11-8-10(13(17)18)4-5-12(11)16/h4-5,8-9H,3,6-7H2,1-2H3,(H,17,18).